The van der Waals surface area contributed by atoms with Crippen molar-refractivity contribution in [1.82, 2.24) is 0 Å². The van der Waals surface area contributed by atoms with Crippen molar-refractivity contribution in [2.75, 3.05) is 11.5 Å². The third kappa shape index (κ3) is 1.53. The van der Waals surface area contributed by atoms with Gasteiger partial charge in [0, 0.05) is 11.4 Å². The van der Waals surface area contributed by atoms with Gasteiger partial charge in [0.1, 0.15) is 7.85 Å². The monoisotopic (exact) mass is 163 g/mol. The van der Waals surface area contributed by atoms with Crippen LogP contribution < -0.4 is 17.2 Å². The molecule has 1 rings (SSSR count). The average Bonchev–Trinajstić information content (AvgIpc) is 1.96. The summed E-state index contributed by atoms with van der Waals surface area (Å²) in [6, 6.07) is 3.62. The van der Waals surface area contributed by atoms with Gasteiger partial charge in [-0.3, -0.25) is 0 Å². The predicted molar refractivity (Wildman–Crippen MR) is 55.5 cm³/mol. The fourth-order valence-electron chi connectivity index (χ4n) is 1.26. The first-order chi connectivity index (χ1) is 5.52. The van der Waals surface area contributed by atoms with E-state index in [0.717, 1.165) is 11.1 Å². The van der Waals surface area contributed by atoms with Gasteiger partial charge >= 0.3 is 0 Å². The van der Waals surface area contributed by atoms with Crippen LogP contribution in [0, 0.1) is 6.92 Å². The molecule has 3 nitrogen and oxygen atoms in total. The quantitative estimate of drug-likeness (QED) is 0.394. The highest BCUT2D eigenvalue weighted by atomic mass is 14.6. The Labute approximate surface area is 73.3 Å². The Morgan fingerprint density at radius 3 is 2.42 bits per heavy atom. The van der Waals surface area contributed by atoms with Gasteiger partial charge in [0.25, 0.3) is 0 Å². The van der Waals surface area contributed by atoms with E-state index in [-0.39, 0.29) is 5.94 Å². The van der Waals surface area contributed by atoms with Gasteiger partial charge in [-0.1, -0.05) is 0 Å². The highest BCUT2D eigenvalue weighted by Crippen LogP contribution is 2.23. The second kappa shape index (κ2) is 3.07. The molecule has 0 saturated carbocycles. The fourth-order valence-corrected chi connectivity index (χ4v) is 1.26. The molecule has 6 N–H and O–H groups in total. The van der Waals surface area contributed by atoms with Gasteiger partial charge in [-0.05, 0) is 36.1 Å². The first-order valence-electron chi connectivity index (χ1n) is 3.93. The highest BCUT2D eigenvalue weighted by molar-refractivity contribution is 6.12. The summed E-state index contributed by atoms with van der Waals surface area (Å²) in [5, 5.41) is 0. The molecule has 0 bridgehead atoms. The molecular weight excluding hydrogens is 149 g/mol. The van der Waals surface area contributed by atoms with Gasteiger partial charge in [0.15, 0.2) is 0 Å². The van der Waals surface area contributed by atoms with E-state index >= 15 is 0 Å². The van der Waals surface area contributed by atoms with Crippen molar-refractivity contribution in [1.29, 1.82) is 0 Å². The molecule has 64 valence electrons. The predicted octanol–water partition coefficient (Wildman–Crippen LogP) is -0.250. The molecule has 0 saturated heterocycles. The number of nitrogen functional groups attached to an aromatic ring is 2. The number of benzene rings is 1. The Morgan fingerprint density at radius 2 is 1.92 bits per heavy atom. The third-order valence-electron chi connectivity index (χ3n) is 2.00. The van der Waals surface area contributed by atoms with Gasteiger partial charge in [-0.25, -0.2) is 0 Å². The first kappa shape index (κ1) is 8.94. The van der Waals surface area contributed by atoms with E-state index in [0.29, 0.717) is 11.4 Å². The molecule has 1 aromatic carbocycles. The van der Waals surface area contributed by atoms with Crippen molar-refractivity contribution >= 4 is 19.2 Å². The molecule has 0 aliphatic carbocycles. The van der Waals surface area contributed by atoms with Crippen molar-refractivity contribution in [2.45, 2.75) is 12.9 Å². The lowest BCUT2D eigenvalue weighted by Crippen LogP contribution is -2.12. The van der Waals surface area contributed by atoms with Crippen LogP contribution in [0.2, 0.25) is 0 Å². The summed E-state index contributed by atoms with van der Waals surface area (Å²) < 4.78 is 0. The zero-order valence-corrected chi connectivity index (χ0v) is 7.46. The Bertz CT molecular complexity index is 297. The Kier molecular flexibility index (Phi) is 2.28. The van der Waals surface area contributed by atoms with Crippen LogP contribution in [0.4, 0.5) is 11.4 Å². The van der Waals surface area contributed by atoms with E-state index in [1.807, 2.05) is 20.8 Å². The van der Waals surface area contributed by atoms with Gasteiger partial charge in [0.2, 0.25) is 0 Å². The van der Waals surface area contributed by atoms with Crippen molar-refractivity contribution in [3.63, 3.8) is 0 Å². The molecule has 0 amide bonds. The normalized spacial score (nSPS) is 12.8. The lowest BCUT2D eigenvalue weighted by atomic mass is 9.86. The van der Waals surface area contributed by atoms with Gasteiger partial charge in [-0.2, -0.15) is 0 Å². The SMILES string of the molecule is B[C@H](N)c1cc(N)cc(N)c1C. The molecule has 0 radical (unpaired) electrons. The molecule has 4 heteroatoms. The van der Waals surface area contributed by atoms with Crippen LogP contribution >= 0.6 is 0 Å². The van der Waals surface area contributed by atoms with E-state index in [9.17, 15) is 0 Å². The zero-order valence-electron chi connectivity index (χ0n) is 7.46. The van der Waals surface area contributed by atoms with Crippen LogP contribution in [0.3, 0.4) is 0 Å². The van der Waals surface area contributed by atoms with Crippen molar-refractivity contribution in [3.8, 4) is 0 Å². The summed E-state index contributed by atoms with van der Waals surface area (Å²) in [6.45, 7) is 1.95. The molecule has 12 heavy (non-hydrogen) atoms. The maximum absolute atomic E-state index is 5.74. The van der Waals surface area contributed by atoms with Crippen LogP contribution in [0.15, 0.2) is 12.1 Å². The van der Waals surface area contributed by atoms with Crippen molar-refractivity contribution < 1.29 is 0 Å². The Morgan fingerprint density at radius 1 is 1.33 bits per heavy atom. The minimum atomic E-state index is -0.0178. The molecule has 0 fully saturated rings. The van der Waals surface area contributed by atoms with Crippen LogP contribution in [0.5, 0.6) is 0 Å². The molecule has 0 unspecified atom stereocenters. The van der Waals surface area contributed by atoms with E-state index < -0.39 is 0 Å². The van der Waals surface area contributed by atoms with Crippen LogP contribution in [-0.2, 0) is 0 Å². The molecule has 0 aliphatic rings. The second-order valence-corrected chi connectivity index (χ2v) is 3.11. The zero-order chi connectivity index (χ0) is 9.30. The fraction of sp³-hybridized carbons (Fsp3) is 0.250. The van der Waals surface area contributed by atoms with E-state index in [2.05, 4.69) is 0 Å². The maximum atomic E-state index is 5.74. The Balaban J connectivity index is 3.28. The molecule has 0 spiro atoms. The maximum Gasteiger partial charge on any atom is 0.128 e. The van der Waals surface area contributed by atoms with Crippen LogP contribution in [0.25, 0.3) is 0 Å². The molecule has 1 atom stereocenters. The second-order valence-electron chi connectivity index (χ2n) is 3.11. The standard InChI is InChI=1S/C8H14BN3/c1-4-6(8(9)12)2-5(10)3-7(4)11/h2-3,8H,9-12H2,1H3/t8-/m1/s1. The molecule has 0 aliphatic heterocycles. The molecule has 1 aromatic rings. The number of nitrogens with two attached hydrogens (primary N) is 3. The van der Waals surface area contributed by atoms with Gasteiger partial charge in [-0.15, -0.1) is 0 Å². The van der Waals surface area contributed by atoms with Crippen molar-refractivity contribution in [3.05, 3.63) is 23.3 Å². The number of anilines is 2. The summed E-state index contributed by atoms with van der Waals surface area (Å²) in [4.78, 5) is 0. The van der Waals surface area contributed by atoms with Crippen molar-refractivity contribution in [2.24, 2.45) is 5.73 Å². The third-order valence-corrected chi connectivity index (χ3v) is 2.00. The lowest BCUT2D eigenvalue weighted by Gasteiger charge is -2.12. The first-order valence-corrected chi connectivity index (χ1v) is 3.93. The molecule has 0 heterocycles. The average molecular weight is 163 g/mol. The van der Waals surface area contributed by atoms with E-state index in [1.165, 1.54) is 0 Å². The van der Waals surface area contributed by atoms with E-state index in [4.69, 9.17) is 17.2 Å². The minimum Gasteiger partial charge on any atom is -0.399 e. The smallest absolute Gasteiger partial charge is 0.128 e. The lowest BCUT2D eigenvalue weighted by molar-refractivity contribution is 1.00. The summed E-state index contributed by atoms with van der Waals surface area (Å²) >= 11 is 0. The molecular formula is C8H14BN3. The van der Waals surface area contributed by atoms with Crippen LogP contribution in [0.1, 0.15) is 17.1 Å². The summed E-state index contributed by atoms with van der Waals surface area (Å²) in [5.41, 5.74) is 20.5. The largest absolute Gasteiger partial charge is 0.399 e. The number of rotatable bonds is 1. The van der Waals surface area contributed by atoms with Gasteiger partial charge < -0.3 is 17.2 Å². The number of hydrogen-bond acceptors (Lipinski definition) is 3. The van der Waals surface area contributed by atoms with Crippen LogP contribution in [-0.4, -0.2) is 7.85 Å². The minimum absolute atomic E-state index is 0.0178. The highest BCUT2D eigenvalue weighted by Gasteiger charge is 2.06. The Hall–Kier alpha value is -1.16. The summed E-state index contributed by atoms with van der Waals surface area (Å²) in [6.07, 6.45) is 0. The summed E-state index contributed by atoms with van der Waals surface area (Å²) in [5.74, 6) is -0.0178. The number of hydrogen-bond donors (Lipinski definition) is 3. The molecule has 0 aromatic heterocycles. The topological polar surface area (TPSA) is 78.1 Å². The summed E-state index contributed by atoms with van der Waals surface area (Å²) in [7, 11) is 1.92. The van der Waals surface area contributed by atoms with Gasteiger partial charge in [0.05, 0.1) is 0 Å². The van der Waals surface area contributed by atoms with E-state index in [1.54, 1.807) is 6.07 Å².